The van der Waals surface area contributed by atoms with Crippen molar-refractivity contribution in [2.45, 2.75) is 30.6 Å². The molecule has 1 amide bonds. The monoisotopic (exact) mass is 422 g/mol. The number of carbonyl (C=O) groups excluding carboxylic acids is 2. The fourth-order valence-corrected chi connectivity index (χ4v) is 5.34. The Morgan fingerprint density at radius 1 is 1.11 bits per heavy atom. The normalized spacial score (nSPS) is 14.8. The lowest BCUT2D eigenvalue weighted by Crippen LogP contribution is -2.27. The summed E-state index contributed by atoms with van der Waals surface area (Å²) < 4.78 is 31.2. The van der Waals surface area contributed by atoms with E-state index in [9.17, 15) is 18.0 Å². The zero-order valence-corrected chi connectivity index (χ0v) is 17.1. The highest BCUT2D eigenvalue weighted by molar-refractivity contribution is 7.89. The van der Waals surface area contributed by atoms with Gasteiger partial charge in [-0.15, -0.1) is 11.3 Å². The summed E-state index contributed by atoms with van der Waals surface area (Å²) >= 11 is 1.15. The Morgan fingerprint density at radius 3 is 2.43 bits per heavy atom. The summed E-state index contributed by atoms with van der Waals surface area (Å²) in [6.07, 6.45) is 2.55. The topological polar surface area (TPSA) is 92.8 Å². The van der Waals surface area contributed by atoms with Crippen molar-refractivity contribution in [1.29, 1.82) is 0 Å². The van der Waals surface area contributed by atoms with Crippen LogP contribution in [0.25, 0.3) is 0 Å². The van der Waals surface area contributed by atoms with Crippen molar-refractivity contribution in [3.63, 3.8) is 0 Å². The minimum absolute atomic E-state index is 0.174. The molecule has 2 aromatic rings. The molecule has 0 saturated carbocycles. The highest BCUT2D eigenvalue weighted by Crippen LogP contribution is 2.23. The first-order chi connectivity index (χ1) is 13.4. The second-order valence-corrected chi connectivity index (χ2v) is 9.48. The highest BCUT2D eigenvalue weighted by atomic mass is 32.2. The summed E-state index contributed by atoms with van der Waals surface area (Å²) in [5, 5.41) is 3.33. The molecule has 1 aromatic carbocycles. The number of sulfonamides is 1. The van der Waals surface area contributed by atoms with Crippen LogP contribution in [0.2, 0.25) is 0 Å². The van der Waals surface area contributed by atoms with E-state index in [1.807, 2.05) is 0 Å². The van der Waals surface area contributed by atoms with E-state index in [0.717, 1.165) is 29.7 Å². The maximum absolute atomic E-state index is 12.5. The van der Waals surface area contributed by atoms with Crippen molar-refractivity contribution in [3.8, 4) is 0 Å². The quantitative estimate of drug-likeness (QED) is 0.693. The summed E-state index contributed by atoms with van der Waals surface area (Å²) in [4.78, 5) is 24.3. The SMILES string of the molecule is COC(=O)c1ccc(NC(=O)CCc2ccc(S(=O)(=O)N3CCCC3)cc2)s1. The summed E-state index contributed by atoms with van der Waals surface area (Å²) in [6, 6.07) is 9.96. The van der Waals surface area contributed by atoms with E-state index in [0.29, 0.717) is 29.4 Å². The van der Waals surface area contributed by atoms with Gasteiger partial charge in [0.15, 0.2) is 0 Å². The van der Waals surface area contributed by atoms with Gasteiger partial charge in [-0.1, -0.05) is 12.1 Å². The number of thiophene rings is 1. The maximum atomic E-state index is 12.5. The van der Waals surface area contributed by atoms with Gasteiger partial charge in [0.05, 0.1) is 17.0 Å². The molecule has 0 spiro atoms. The highest BCUT2D eigenvalue weighted by Gasteiger charge is 2.26. The number of carbonyl (C=O) groups is 2. The second-order valence-electron chi connectivity index (χ2n) is 6.46. The van der Waals surface area contributed by atoms with Crippen molar-refractivity contribution in [2.75, 3.05) is 25.5 Å². The van der Waals surface area contributed by atoms with Crippen LogP contribution in [0.4, 0.5) is 5.00 Å². The van der Waals surface area contributed by atoms with E-state index in [2.05, 4.69) is 10.1 Å². The molecule has 28 heavy (non-hydrogen) atoms. The van der Waals surface area contributed by atoms with Gasteiger partial charge in [0.25, 0.3) is 0 Å². The summed E-state index contributed by atoms with van der Waals surface area (Å²) in [7, 11) is -2.11. The lowest BCUT2D eigenvalue weighted by atomic mass is 10.1. The third-order valence-electron chi connectivity index (χ3n) is 4.52. The van der Waals surface area contributed by atoms with E-state index in [1.54, 1.807) is 36.4 Å². The van der Waals surface area contributed by atoms with Gasteiger partial charge < -0.3 is 10.1 Å². The number of anilines is 1. The summed E-state index contributed by atoms with van der Waals surface area (Å²) in [5.41, 5.74) is 0.886. The smallest absolute Gasteiger partial charge is 0.348 e. The van der Waals surface area contributed by atoms with Crippen LogP contribution in [-0.2, 0) is 26.0 Å². The van der Waals surface area contributed by atoms with E-state index in [4.69, 9.17) is 0 Å². The molecule has 0 unspecified atom stereocenters. The van der Waals surface area contributed by atoms with Gasteiger partial charge in [0.1, 0.15) is 4.88 Å². The Kier molecular flexibility index (Phi) is 6.48. The van der Waals surface area contributed by atoms with E-state index >= 15 is 0 Å². The number of methoxy groups -OCH3 is 1. The number of aryl methyl sites for hydroxylation is 1. The Bertz CT molecular complexity index is 945. The number of hydrogen-bond acceptors (Lipinski definition) is 6. The fourth-order valence-electron chi connectivity index (χ4n) is 2.98. The van der Waals surface area contributed by atoms with Crippen LogP contribution >= 0.6 is 11.3 Å². The Labute approximate surface area is 168 Å². The molecule has 0 atom stereocenters. The van der Waals surface area contributed by atoms with Gasteiger partial charge in [-0.05, 0) is 49.1 Å². The number of nitrogens with zero attached hydrogens (tertiary/aromatic N) is 1. The fraction of sp³-hybridized carbons (Fsp3) is 0.368. The predicted molar refractivity (Wildman–Crippen MR) is 107 cm³/mol. The number of hydrogen-bond donors (Lipinski definition) is 1. The predicted octanol–water partition coefficient (Wildman–Crippen LogP) is 2.89. The number of amides is 1. The molecule has 0 bridgehead atoms. The van der Waals surface area contributed by atoms with Crippen molar-refractivity contribution in [3.05, 3.63) is 46.8 Å². The van der Waals surface area contributed by atoms with Crippen LogP contribution in [0.1, 0.15) is 34.5 Å². The first kappa shape index (κ1) is 20.5. The molecule has 1 aromatic heterocycles. The number of benzene rings is 1. The minimum Gasteiger partial charge on any atom is -0.465 e. The number of esters is 1. The van der Waals surface area contributed by atoms with Crippen molar-refractivity contribution >= 4 is 38.2 Å². The zero-order valence-electron chi connectivity index (χ0n) is 15.5. The van der Waals surface area contributed by atoms with E-state index < -0.39 is 16.0 Å². The van der Waals surface area contributed by atoms with Crippen molar-refractivity contribution < 1.29 is 22.7 Å². The Morgan fingerprint density at radius 2 is 1.79 bits per heavy atom. The summed E-state index contributed by atoms with van der Waals surface area (Å²) in [5.74, 6) is -0.610. The zero-order chi connectivity index (χ0) is 20.1. The molecule has 1 saturated heterocycles. The van der Waals surface area contributed by atoms with Gasteiger partial charge >= 0.3 is 5.97 Å². The average Bonchev–Trinajstić information content (AvgIpc) is 3.38. The third kappa shape index (κ3) is 4.78. The molecule has 1 aliphatic heterocycles. The van der Waals surface area contributed by atoms with Gasteiger partial charge in [0.2, 0.25) is 15.9 Å². The molecule has 3 rings (SSSR count). The Hall–Kier alpha value is -2.23. The van der Waals surface area contributed by atoms with Gasteiger partial charge in [-0.25, -0.2) is 13.2 Å². The van der Waals surface area contributed by atoms with Gasteiger partial charge in [-0.3, -0.25) is 4.79 Å². The first-order valence-corrected chi connectivity index (χ1v) is 11.2. The molecule has 9 heteroatoms. The second kappa shape index (κ2) is 8.85. The number of ether oxygens (including phenoxy) is 1. The largest absolute Gasteiger partial charge is 0.465 e. The molecule has 0 aliphatic carbocycles. The third-order valence-corrected chi connectivity index (χ3v) is 7.42. The van der Waals surface area contributed by atoms with Gasteiger partial charge in [-0.2, -0.15) is 4.31 Å². The van der Waals surface area contributed by atoms with Crippen LogP contribution in [0.15, 0.2) is 41.3 Å². The van der Waals surface area contributed by atoms with Gasteiger partial charge in [0, 0.05) is 19.5 Å². The molecular formula is C19H22N2O5S2. The Balaban J connectivity index is 1.54. The van der Waals surface area contributed by atoms with Crippen LogP contribution in [-0.4, -0.2) is 44.8 Å². The van der Waals surface area contributed by atoms with E-state index in [-0.39, 0.29) is 17.2 Å². The molecule has 150 valence electrons. The molecule has 1 aliphatic rings. The lowest BCUT2D eigenvalue weighted by molar-refractivity contribution is -0.116. The van der Waals surface area contributed by atoms with Crippen molar-refractivity contribution in [2.24, 2.45) is 0 Å². The number of nitrogens with one attached hydrogen (secondary N) is 1. The number of rotatable bonds is 7. The standard InChI is InChI=1S/C19H22N2O5S2/c1-26-19(23)16-9-11-18(27-16)20-17(22)10-6-14-4-7-15(8-5-14)28(24,25)21-12-2-3-13-21/h4-5,7-9,11H,2-3,6,10,12-13H2,1H3,(H,20,22). The maximum Gasteiger partial charge on any atom is 0.348 e. The molecule has 1 fully saturated rings. The van der Waals surface area contributed by atoms with Crippen molar-refractivity contribution in [1.82, 2.24) is 4.31 Å². The molecule has 0 radical (unpaired) electrons. The summed E-state index contributed by atoms with van der Waals surface area (Å²) in [6.45, 7) is 1.15. The van der Waals surface area contributed by atoms with Crippen LogP contribution in [0.3, 0.4) is 0 Å². The van der Waals surface area contributed by atoms with Crippen LogP contribution < -0.4 is 5.32 Å². The van der Waals surface area contributed by atoms with Crippen LogP contribution in [0.5, 0.6) is 0 Å². The molecule has 7 nitrogen and oxygen atoms in total. The van der Waals surface area contributed by atoms with E-state index in [1.165, 1.54) is 11.4 Å². The average molecular weight is 423 g/mol. The first-order valence-electron chi connectivity index (χ1n) is 8.97. The lowest BCUT2D eigenvalue weighted by Gasteiger charge is -2.15. The molecule has 1 N–H and O–H groups in total. The van der Waals surface area contributed by atoms with Crippen LogP contribution in [0, 0.1) is 0 Å². The minimum atomic E-state index is -3.42. The molecular weight excluding hydrogens is 400 g/mol. The molecule has 2 heterocycles.